The molecule has 0 spiro atoms. The second kappa shape index (κ2) is 9.35. The van der Waals surface area contributed by atoms with Gasteiger partial charge in [0.25, 0.3) is 0 Å². The monoisotopic (exact) mass is 442 g/mol. The lowest BCUT2D eigenvalue weighted by atomic mass is 10.1. The molecule has 1 aromatic heterocycles. The molecule has 0 saturated heterocycles. The highest BCUT2D eigenvalue weighted by Gasteiger charge is 2.21. The summed E-state index contributed by atoms with van der Waals surface area (Å²) in [4.78, 5) is 11.1. The molecule has 0 fully saturated rings. The van der Waals surface area contributed by atoms with E-state index in [1.807, 2.05) is 12.1 Å². The van der Waals surface area contributed by atoms with Gasteiger partial charge in [0.15, 0.2) is 11.5 Å². The summed E-state index contributed by atoms with van der Waals surface area (Å²) in [6.07, 6.45) is 2.47. The molecule has 0 amide bonds. The molecule has 9 heteroatoms. The van der Waals surface area contributed by atoms with Crippen molar-refractivity contribution in [2.75, 3.05) is 33.2 Å². The van der Waals surface area contributed by atoms with Crippen molar-refractivity contribution in [3.05, 3.63) is 65.0 Å². The summed E-state index contributed by atoms with van der Waals surface area (Å²) < 4.78 is 43.3. The molecule has 0 atom stereocenters. The smallest absolute Gasteiger partial charge is 0.227 e. The summed E-state index contributed by atoms with van der Waals surface area (Å²) in [6.45, 7) is 2.17. The molecule has 0 radical (unpaired) electrons. The lowest BCUT2D eigenvalue weighted by Gasteiger charge is -2.28. The van der Waals surface area contributed by atoms with E-state index in [9.17, 15) is 8.78 Å². The highest BCUT2D eigenvalue weighted by Crippen LogP contribution is 2.38. The Morgan fingerprint density at radius 2 is 1.78 bits per heavy atom. The number of hydrogen-bond acceptors (Lipinski definition) is 7. The Labute approximate surface area is 185 Å². The number of ether oxygens (including phenoxy) is 3. The van der Waals surface area contributed by atoms with Gasteiger partial charge in [0.05, 0.1) is 32.7 Å². The van der Waals surface area contributed by atoms with Gasteiger partial charge in [-0.15, -0.1) is 0 Å². The van der Waals surface area contributed by atoms with Crippen LogP contribution in [0.1, 0.15) is 16.8 Å². The fourth-order valence-electron chi connectivity index (χ4n) is 3.77. The SMILES string of the molecule is COc1cc(CN2CCc3nc(Nc4ccc(F)cc4F)ncc3C2)cc(OC)c1OC. The number of rotatable bonds is 7. The second-order valence-corrected chi connectivity index (χ2v) is 7.41. The molecule has 0 bridgehead atoms. The molecule has 0 unspecified atom stereocenters. The first kappa shape index (κ1) is 21.8. The van der Waals surface area contributed by atoms with E-state index in [0.29, 0.717) is 30.3 Å². The normalized spacial score (nSPS) is 13.4. The van der Waals surface area contributed by atoms with Crippen LogP contribution in [0.2, 0.25) is 0 Å². The van der Waals surface area contributed by atoms with E-state index in [1.54, 1.807) is 27.5 Å². The lowest BCUT2D eigenvalue weighted by molar-refractivity contribution is 0.241. The van der Waals surface area contributed by atoms with E-state index in [-0.39, 0.29) is 11.6 Å². The minimum Gasteiger partial charge on any atom is -0.493 e. The lowest BCUT2D eigenvalue weighted by Crippen LogP contribution is -2.31. The van der Waals surface area contributed by atoms with Gasteiger partial charge >= 0.3 is 0 Å². The van der Waals surface area contributed by atoms with Crippen LogP contribution in [0.4, 0.5) is 20.4 Å². The van der Waals surface area contributed by atoms with Gasteiger partial charge in [-0.1, -0.05) is 0 Å². The quantitative estimate of drug-likeness (QED) is 0.591. The summed E-state index contributed by atoms with van der Waals surface area (Å²) in [6, 6.07) is 7.22. The van der Waals surface area contributed by atoms with Gasteiger partial charge in [0.1, 0.15) is 11.6 Å². The molecular formula is C23H24F2N4O3. The van der Waals surface area contributed by atoms with Crippen molar-refractivity contribution in [1.82, 2.24) is 14.9 Å². The summed E-state index contributed by atoms with van der Waals surface area (Å²) in [5, 5.41) is 2.82. The Morgan fingerprint density at radius 3 is 2.44 bits per heavy atom. The fourth-order valence-corrected chi connectivity index (χ4v) is 3.77. The molecule has 32 heavy (non-hydrogen) atoms. The predicted octanol–water partition coefficient (Wildman–Crippen LogP) is 4.08. The molecule has 4 rings (SSSR count). The molecule has 2 heterocycles. The van der Waals surface area contributed by atoms with Gasteiger partial charge in [0.2, 0.25) is 11.7 Å². The van der Waals surface area contributed by atoms with Crippen LogP contribution in [0, 0.1) is 11.6 Å². The van der Waals surface area contributed by atoms with E-state index in [1.165, 1.54) is 12.1 Å². The number of anilines is 2. The maximum atomic E-state index is 13.9. The number of aromatic nitrogens is 2. The van der Waals surface area contributed by atoms with Gasteiger partial charge < -0.3 is 19.5 Å². The Balaban J connectivity index is 1.47. The molecule has 168 valence electrons. The zero-order chi connectivity index (χ0) is 22.7. The van der Waals surface area contributed by atoms with Crippen LogP contribution >= 0.6 is 0 Å². The molecule has 1 N–H and O–H groups in total. The Morgan fingerprint density at radius 1 is 1.03 bits per heavy atom. The topological polar surface area (TPSA) is 68.7 Å². The van der Waals surface area contributed by atoms with Gasteiger partial charge in [-0.05, 0) is 29.8 Å². The molecule has 0 saturated carbocycles. The summed E-state index contributed by atoms with van der Waals surface area (Å²) in [5.41, 5.74) is 3.08. The van der Waals surface area contributed by atoms with Gasteiger partial charge in [0, 0.05) is 43.9 Å². The molecule has 1 aliphatic rings. The predicted molar refractivity (Wildman–Crippen MR) is 116 cm³/mol. The first-order chi connectivity index (χ1) is 15.5. The van der Waals surface area contributed by atoms with Gasteiger partial charge in [-0.25, -0.2) is 18.7 Å². The Hall–Kier alpha value is -3.46. The van der Waals surface area contributed by atoms with Crippen LogP contribution < -0.4 is 19.5 Å². The maximum absolute atomic E-state index is 13.9. The number of benzene rings is 2. The van der Waals surface area contributed by atoms with E-state index in [2.05, 4.69) is 20.2 Å². The summed E-state index contributed by atoms with van der Waals surface area (Å²) in [5.74, 6) is 0.758. The first-order valence-electron chi connectivity index (χ1n) is 10.1. The van der Waals surface area contributed by atoms with Crippen LogP contribution in [0.15, 0.2) is 36.5 Å². The summed E-state index contributed by atoms with van der Waals surface area (Å²) >= 11 is 0. The second-order valence-electron chi connectivity index (χ2n) is 7.41. The number of methoxy groups -OCH3 is 3. The average Bonchev–Trinajstić information content (AvgIpc) is 2.80. The fraction of sp³-hybridized carbons (Fsp3) is 0.304. The van der Waals surface area contributed by atoms with Crippen LogP contribution in [0.25, 0.3) is 0 Å². The number of nitrogens with zero attached hydrogens (tertiary/aromatic N) is 3. The third kappa shape index (κ3) is 4.57. The van der Waals surface area contributed by atoms with Crippen molar-refractivity contribution in [3.63, 3.8) is 0 Å². The van der Waals surface area contributed by atoms with Crippen LogP contribution in [-0.2, 0) is 19.5 Å². The van der Waals surface area contributed by atoms with Crippen molar-refractivity contribution >= 4 is 11.6 Å². The molecule has 0 aliphatic carbocycles. The molecule has 3 aromatic rings. The van der Waals surface area contributed by atoms with E-state index in [4.69, 9.17) is 14.2 Å². The average molecular weight is 442 g/mol. The Kier molecular flexibility index (Phi) is 6.36. The third-order valence-corrected chi connectivity index (χ3v) is 5.32. The highest BCUT2D eigenvalue weighted by molar-refractivity contribution is 5.55. The zero-order valence-corrected chi connectivity index (χ0v) is 18.1. The van der Waals surface area contributed by atoms with Crippen molar-refractivity contribution in [2.45, 2.75) is 19.5 Å². The first-order valence-corrected chi connectivity index (χ1v) is 10.1. The molecular weight excluding hydrogens is 418 g/mol. The van der Waals surface area contributed by atoms with Crippen molar-refractivity contribution in [2.24, 2.45) is 0 Å². The minimum atomic E-state index is -0.692. The number of hydrogen-bond donors (Lipinski definition) is 1. The third-order valence-electron chi connectivity index (χ3n) is 5.32. The van der Waals surface area contributed by atoms with Crippen LogP contribution in [0.3, 0.4) is 0 Å². The highest BCUT2D eigenvalue weighted by atomic mass is 19.1. The van der Waals surface area contributed by atoms with E-state index >= 15 is 0 Å². The van der Waals surface area contributed by atoms with Crippen LogP contribution in [0.5, 0.6) is 17.2 Å². The maximum Gasteiger partial charge on any atom is 0.227 e. The summed E-state index contributed by atoms with van der Waals surface area (Å²) in [7, 11) is 4.77. The minimum absolute atomic E-state index is 0.131. The van der Waals surface area contributed by atoms with E-state index < -0.39 is 11.6 Å². The van der Waals surface area contributed by atoms with E-state index in [0.717, 1.165) is 35.9 Å². The largest absolute Gasteiger partial charge is 0.493 e. The number of fused-ring (bicyclic) bond motifs is 1. The van der Waals surface area contributed by atoms with Gasteiger partial charge in [-0.3, -0.25) is 4.90 Å². The van der Waals surface area contributed by atoms with Crippen molar-refractivity contribution in [3.8, 4) is 17.2 Å². The van der Waals surface area contributed by atoms with Crippen LogP contribution in [-0.4, -0.2) is 42.7 Å². The number of nitrogens with one attached hydrogen (secondary N) is 1. The van der Waals surface area contributed by atoms with Crippen molar-refractivity contribution in [1.29, 1.82) is 0 Å². The molecule has 7 nitrogen and oxygen atoms in total. The standard InChI is InChI=1S/C23H24F2N4O3/c1-30-20-8-14(9-21(31-2)22(20)32-3)12-29-7-6-18-15(13-29)11-26-23(27-18)28-19-5-4-16(24)10-17(19)25/h4-5,8-11H,6-7,12-13H2,1-3H3,(H,26,27,28). The zero-order valence-electron chi connectivity index (χ0n) is 18.1. The number of halogens is 2. The molecule has 1 aliphatic heterocycles. The molecule has 2 aromatic carbocycles. The Bertz CT molecular complexity index is 1100. The van der Waals surface area contributed by atoms with Crippen molar-refractivity contribution < 1.29 is 23.0 Å². The van der Waals surface area contributed by atoms with Gasteiger partial charge in [-0.2, -0.15) is 0 Å².